The molecule has 1 amide bonds. The third kappa shape index (κ3) is 5.90. The predicted octanol–water partition coefficient (Wildman–Crippen LogP) is 3.22. The minimum absolute atomic E-state index is 0.0109. The predicted molar refractivity (Wildman–Crippen MR) is 96.3 cm³/mol. The first-order valence-electron chi connectivity index (χ1n) is 7.16. The van der Waals surface area contributed by atoms with E-state index in [0.29, 0.717) is 11.0 Å². The summed E-state index contributed by atoms with van der Waals surface area (Å²) < 4.78 is 5.54. The number of hydrogen-bond acceptors (Lipinski definition) is 5. The molecule has 0 aliphatic rings. The van der Waals surface area contributed by atoms with Crippen molar-refractivity contribution in [2.75, 3.05) is 18.9 Å². The lowest BCUT2D eigenvalue weighted by atomic mass is 10.2. The second-order valence-corrected chi connectivity index (χ2v) is 6.83. The van der Waals surface area contributed by atoms with Gasteiger partial charge in [0.25, 0.3) is 5.91 Å². The molecule has 0 spiro atoms. The summed E-state index contributed by atoms with van der Waals surface area (Å²) >= 11 is 4.83. The molecule has 0 atom stereocenters. The van der Waals surface area contributed by atoms with Gasteiger partial charge < -0.3 is 15.2 Å². The first-order valence-corrected chi connectivity index (χ1v) is 8.94. The number of rotatable bonds is 7. The zero-order valence-corrected chi connectivity index (χ0v) is 15.1. The number of amides is 1. The van der Waals surface area contributed by atoms with E-state index in [2.05, 4.69) is 21.2 Å². The molecule has 0 heterocycles. The van der Waals surface area contributed by atoms with Gasteiger partial charge in [0.1, 0.15) is 11.3 Å². The number of ether oxygens (including phenoxy) is 1. The average Bonchev–Trinajstić information content (AvgIpc) is 2.59. The zero-order valence-electron chi connectivity index (χ0n) is 12.7. The molecule has 0 bridgehead atoms. The molecule has 7 heteroatoms. The van der Waals surface area contributed by atoms with Gasteiger partial charge in [0.15, 0.2) is 6.61 Å². The van der Waals surface area contributed by atoms with Crippen molar-refractivity contribution in [2.45, 2.75) is 4.90 Å². The Morgan fingerprint density at radius 1 is 1.17 bits per heavy atom. The van der Waals surface area contributed by atoms with E-state index >= 15 is 0 Å². The third-order valence-electron chi connectivity index (χ3n) is 2.95. The van der Waals surface area contributed by atoms with Gasteiger partial charge in [-0.15, -0.1) is 11.8 Å². The first kappa shape index (κ1) is 18.4. The lowest BCUT2D eigenvalue weighted by Gasteiger charge is -2.08. The van der Waals surface area contributed by atoms with Crippen molar-refractivity contribution in [1.82, 2.24) is 5.32 Å². The van der Waals surface area contributed by atoms with Gasteiger partial charge in [-0.2, -0.15) is 0 Å². The molecule has 126 valence electrons. The number of carbonyl (C=O) groups excluding carboxylic acids is 2. The van der Waals surface area contributed by atoms with Gasteiger partial charge >= 0.3 is 5.97 Å². The Kier molecular flexibility index (Phi) is 7.14. The summed E-state index contributed by atoms with van der Waals surface area (Å²) in [5.74, 6) is -0.604. The van der Waals surface area contributed by atoms with E-state index in [1.165, 1.54) is 12.1 Å². The maximum Gasteiger partial charge on any atom is 0.342 e. The monoisotopic (exact) mass is 409 g/mol. The largest absolute Gasteiger partial charge is 0.507 e. The fourth-order valence-electron chi connectivity index (χ4n) is 1.81. The summed E-state index contributed by atoms with van der Waals surface area (Å²) in [4.78, 5) is 24.7. The Labute approximate surface area is 152 Å². The van der Waals surface area contributed by atoms with E-state index in [1.54, 1.807) is 17.8 Å². The van der Waals surface area contributed by atoms with Crippen LogP contribution in [0.2, 0.25) is 0 Å². The highest BCUT2D eigenvalue weighted by Crippen LogP contribution is 2.22. The molecule has 24 heavy (non-hydrogen) atoms. The highest BCUT2D eigenvalue weighted by atomic mass is 79.9. The van der Waals surface area contributed by atoms with Crippen LogP contribution in [0.4, 0.5) is 0 Å². The van der Waals surface area contributed by atoms with Crippen LogP contribution in [0.5, 0.6) is 5.75 Å². The number of aromatic hydroxyl groups is 1. The fourth-order valence-corrected chi connectivity index (χ4v) is 2.96. The molecule has 0 aromatic heterocycles. The molecule has 2 N–H and O–H groups in total. The SMILES string of the molecule is O=C(COC(=O)c1cc(Br)ccc1O)NCCSc1ccccc1. The Balaban J connectivity index is 1.69. The minimum Gasteiger partial charge on any atom is -0.507 e. The van der Waals surface area contributed by atoms with Crippen molar-refractivity contribution in [3.05, 3.63) is 58.6 Å². The number of phenols is 1. The second-order valence-electron chi connectivity index (χ2n) is 4.75. The standard InChI is InChI=1S/C17H16BrNO4S/c18-12-6-7-15(20)14(10-12)17(22)23-11-16(21)19-8-9-24-13-4-2-1-3-5-13/h1-7,10,20H,8-9,11H2,(H,19,21). The lowest BCUT2D eigenvalue weighted by Crippen LogP contribution is -2.30. The summed E-state index contributed by atoms with van der Waals surface area (Å²) in [5, 5.41) is 12.3. The van der Waals surface area contributed by atoms with Crippen molar-refractivity contribution in [2.24, 2.45) is 0 Å². The van der Waals surface area contributed by atoms with E-state index in [9.17, 15) is 14.7 Å². The molecule has 0 fully saturated rings. The van der Waals surface area contributed by atoms with Gasteiger partial charge in [-0.05, 0) is 30.3 Å². The van der Waals surface area contributed by atoms with Crippen molar-refractivity contribution in [3.8, 4) is 5.75 Å². The molecule has 0 unspecified atom stereocenters. The Morgan fingerprint density at radius 3 is 2.67 bits per heavy atom. The lowest BCUT2D eigenvalue weighted by molar-refractivity contribution is -0.124. The molecule has 0 saturated carbocycles. The number of esters is 1. The number of nitrogens with one attached hydrogen (secondary N) is 1. The van der Waals surface area contributed by atoms with Crippen LogP contribution in [-0.4, -0.2) is 35.9 Å². The molecule has 0 saturated heterocycles. The van der Waals surface area contributed by atoms with Gasteiger partial charge in [0, 0.05) is 21.7 Å². The van der Waals surface area contributed by atoms with Crippen LogP contribution in [-0.2, 0) is 9.53 Å². The Bertz CT molecular complexity index is 709. The van der Waals surface area contributed by atoms with Crippen LogP contribution in [0.15, 0.2) is 57.9 Å². The number of halogens is 1. The number of benzene rings is 2. The number of thioether (sulfide) groups is 1. The summed E-state index contributed by atoms with van der Waals surface area (Å²) in [6.07, 6.45) is 0. The van der Waals surface area contributed by atoms with Gasteiger partial charge in [-0.25, -0.2) is 4.79 Å². The molecule has 2 aromatic carbocycles. The van der Waals surface area contributed by atoms with E-state index in [-0.39, 0.29) is 23.8 Å². The van der Waals surface area contributed by atoms with Gasteiger partial charge in [-0.3, -0.25) is 4.79 Å². The molecule has 2 rings (SSSR count). The number of phenolic OH excluding ortho intramolecular Hbond substituents is 1. The van der Waals surface area contributed by atoms with Crippen molar-refractivity contribution in [3.63, 3.8) is 0 Å². The van der Waals surface area contributed by atoms with Crippen LogP contribution in [0, 0.1) is 0 Å². The van der Waals surface area contributed by atoms with Crippen LogP contribution >= 0.6 is 27.7 Å². The fraction of sp³-hybridized carbons (Fsp3) is 0.176. The van der Waals surface area contributed by atoms with Crippen molar-refractivity contribution < 1.29 is 19.4 Å². The molecular formula is C17H16BrNO4S. The highest BCUT2D eigenvalue weighted by molar-refractivity contribution is 9.10. The Hall–Kier alpha value is -1.99. The molecule has 5 nitrogen and oxygen atoms in total. The molecular weight excluding hydrogens is 394 g/mol. The summed E-state index contributed by atoms with van der Waals surface area (Å²) in [7, 11) is 0. The topological polar surface area (TPSA) is 75.6 Å². The molecule has 2 aromatic rings. The normalized spacial score (nSPS) is 10.2. The van der Waals surface area contributed by atoms with E-state index < -0.39 is 5.97 Å². The van der Waals surface area contributed by atoms with E-state index in [4.69, 9.17) is 4.74 Å². The zero-order chi connectivity index (χ0) is 17.4. The van der Waals surface area contributed by atoms with Crippen LogP contribution in [0.25, 0.3) is 0 Å². The Morgan fingerprint density at radius 2 is 1.92 bits per heavy atom. The highest BCUT2D eigenvalue weighted by Gasteiger charge is 2.14. The molecule has 0 aliphatic carbocycles. The minimum atomic E-state index is -0.748. The van der Waals surface area contributed by atoms with Gasteiger partial charge in [0.2, 0.25) is 0 Å². The summed E-state index contributed by atoms with van der Waals surface area (Å²) in [6.45, 7) is 0.0822. The average molecular weight is 410 g/mol. The number of carbonyl (C=O) groups is 2. The van der Waals surface area contributed by atoms with Crippen molar-refractivity contribution >= 4 is 39.6 Å². The molecule has 0 radical (unpaired) electrons. The molecule has 0 aliphatic heterocycles. The van der Waals surface area contributed by atoms with Gasteiger partial charge in [0.05, 0.1) is 0 Å². The maximum absolute atomic E-state index is 11.8. The summed E-state index contributed by atoms with van der Waals surface area (Å²) in [5.41, 5.74) is 0.0109. The third-order valence-corrected chi connectivity index (χ3v) is 4.46. The van der Waals surface area contributed by atoms with E-state index in [0.717, 1.165) is 10.6 Å². The number of hydrogen-bond donors (Lipinski definition) is 2. The maximum atomic E-state index is 11.8. The van der Waals surface area contributed by atoms with Crippen molar-refractivity contribution in [1.29, 1.82) is 0 Å². The van der Waals surface area contributed by atoms with Crippen LogP contribution in [0.1, 0.15) is 10.4 Å². The van der Waals surface area contributed by atoms with Crippen LogP contribution in [0.3, 0.4) is 0 Å². The summed E-state index contributed by atoms with van der Waals surface area (Å²) in [6, 6.07) is 14.3. The second kappa shape index (κ2) is 9.34. The van der Waals surface area contributed by atoms with Gasteiger partial charge in [-0.1, -0.05) is 34.1 Å². The van der Waals surface area contributed by atoms with E-state index in [1.807, 2.05) is 30.3 Å². The quantitative estimate of drug-likeness (QED) is 0.417. The first-order chi connectivity index (χ1) is 11.6. The van der Waals surface area contributed by atoms with Crippen LogP contribution < -0.4 is 5.32 Å². The smallest absolute Gasteiger partial charge is 0.342 e.